The number of hydrogen-bond donors (Lipinski definition) is 2. The second-order valence-electron chi connectivity index (χ2n) is 7.04. The number of amides is 1. The Bertz CT molecular complexity index is 749. The third-order valence-corrected chi connectivity index (χ3v) is 4.80. The summed E-state index contributed by atoms with van der Waals surface area (Å²) in [6.45, 7) is 2.74. The van der Waals surface area contributed by atoms with Crippen LogP contribution in [0.5, 0.6) is 5.75 Å². The molecule has 29 heavy (non-hydrogen) atoms. The Balaban J connectivity index is 2.07. The average Bonchev–Trinajstić information content (AvgIpc) is 2.66. The van der Waals surface area contributed by atoms with Crippen molar-refractivity contribution >= 4 is 16.2 Å². The van der Waals surface area contributed by atoms with Crippen LogP contribution in [0.4, 0.5) is 0 Å². The predicted molar refractivity (Wildman–Crippen MR) is 117 cm³/mol. The first-order chi connectivity index (χ1) is 13.9. The number of carbonyl (C=O) groups is 1. The summed E-state index contributed by atoms with van der Waals surface area (Å²) in [6.07, 6.45) is 11.5. The quantitative estimate of drug-likeness (QED) is 0.351. The maximum Gasteiger partial charge on any atom is 0.380 e. The summed E-state index contributed by atoms with van der Waals surface area (Å²) < 4.78 is 26.3. The highest BCUT2D eigenvalue weighted by Crippen LogP contribution is 2.13. The van der Waals surface area contributed by atoms with Gasteiger partial charge >= 0.3 is 10.3 Å². The molecule has 0 aromatic heterocycles. The summed E-state index contributed by atoms with van der Waals surface area (Å²) in [5.41, 5.74) is 0.960. The monoisotopic (exact) mass is 422 g/mol. The van der Waals surface area contributed by atoms with Gasteiger partial charge in [-0.25, -0.2) is 0 Å². The fourth-order valence-corrected chi connectivity index (χ4v) is 3.18. The molecule has 6 nitrogen and oxygen atoms in total. The van der Waals surface area contributed by atoms with Gasteiger partial charge in [-0.3, -0.25) is 4.79 Å². The van der Waals surface area contributed by atoms with E-state index in [0.717, 1.165) is 18.4 Å². The van der Waals surface area contributed by atoms with E-state index in [-0.39, 0.29) is 11.7 Å². The molecule has 0 heterocycles. The first kappa shape index (κ1) is 25.0. The number of carbonyl (C=O) groups excluding carboxylic acids is 1. The van der Waals surface area contributed by atoms with Crippen LogP contribution in [0.15, 0.2) is 24.3 Å². The van der Waals surface area contributed by atoms with Crippen molar-refractivity contribution in [3.05, 3.63) is 29.8 Å². The summed E-state index contributed by atoms with van der Waals surface area (Å²) >= 11 is 0. The molecule has 0 fully saturated rings. The summed E-state index contributed by atoms with van der Waals surface area (Å²) in [5.74, 6) is 6.38. The van der Waals surface area contributed by atoms with Gasteiger partial charge in [-0.2, -0.15) is 13.6 Å². The minimum atomic E-state index is -4.01. The third-order valence-electron chi connectivity index (χ3n) is 4.38. The Morgan fingerprint density at radius 2 is 1.62 bits per heavy atom. The molecule has 0 spiro atoms. The summed E-state index contributed by atoms with van der Waals surface area (Å²) in [7, 11) is -4.01. The molecule has 0 aliphatic carbocycles. The van der Waals surface area contributed by atoms with Crippen LogP contribution in [0, 0.1) is 11.8 Å². The minimum Gasteiger partial charge on any atom is -0.371 e. The second kappa shape index (κ2) is 14.9. The molecule has 1 aromatic carbocycles. The zero-order chi connectivity index (χ0) is 21.4. The van der Waals surface area contributed by atoms with Crippen LogP contribution >= 0.6 is 0 Å². The molecule has 0 saturated heterocycles. The highest BCUT2D eigenvalue weighted by atomic mass is 32.2. The Kier molecular flexibility index (Phi) is 12.8. The van der Waals surface area contributed by atoms with E-state index < -0.39 is 10.3 Å². The van der Waals surface area contributed by atoms with E-state index in [1.165, 1.54) is 50.7 Å². The smallest absolute Gasteiger partial charge is 0.371 e. The molecular formula is C22H34N2O4S. The second-order valence-corrected chi connectivity index (χ2v) is 8.20. The van der Waals surface area contributed by atoms with Gasteiger partial charge in [0.25, 0.3) is 0 Å². The van der Waals surface area contributed by atoms with Crippen LogP contribution in [0.3, 0.4) is 0 Å². The lowest BCUT2D eigenvalue weighted by Crippen LogP contribution is -2.25. The fraction of sp³-hybridized carbons (Fsp3) is 0.591. The molecule has 0 unspecified atom stereocenters. The zero-order valence-corrected chi connectivity index (χ0v) is 18.2. The predicted octanol–water partition coefficient (Wildman–Crippen LogP) is 3.85. The molecule has 0 bridgehead atoms. The van der Waals surface area contributed by atoms with Crippen molar-refractivity contribution in [1.29, 1.82) is 0 Å². The molecule has 0 aliphatic heterocycles. The summed E-state index contributed by atoms with van der Waals surface area (Å²) in [5, 5.41) is 7.68. The Morgan fingerprint density at radius 1 is 1.00 bits per heavy atom. The van der Waals surface area contributed by atoms with Gasteiger partial charge < -0.3 is 9.50 Å². The van der Waals surface area contributed by atoms with Gasteiger partial charge in [0.1, 0.15) is 5.75 Å². The van der Waals surface area contributed by atoms with E-state index >= 15 is 0 Å². The van der Waals surface area contributed by atoms with E-state index in [0.29, 0.717) is 25.8 Å². The maximum absolute atomic E-state index is 11.8. The number of hydrogen-bond acceptors (Lipinski definition) is 4. The van der Waals surface area contributed by atoms with E-state index in [2.05, 4.69) is 28.3 Å². The van der Waals surface area contributed by atoms with Crippen LogP contribution in [-0.4, -0.2) is 20.9 Å². The van der Waals surface area contributed by atoms with Crippen molar-refractivity contribution in [1.82, 2.24) is 5.32 Å². The van der Waals surface area contributed by atoms with E-state index in [4.69, 9.17) is 5.14 Å². The number of nitrogens with one attached hydrogen (secondary N) is 1. The third kappa shape index (κ3) is 14.6. The van der Waals surface area contributed by atoms with E-state index in [1.54, 1.807) is 12.1 Å². The molecule has 0 atom stereocenters. The number of nitrogens with two attached hydrogens (primary N) is 1. The van der Waals surface area contributed by atoms with Gasteiger partial charge in [-0.1, -0.05) is 57.6 Å². The lowest BCUT2D eigenvalue weighted by molar-refractivity contribution is -0.120. The topological polar surface area (TPSA) is 98.5 Å². The molecule has 1 aromatic rings. The Morgan fingerprint density at radius 3 is 2.28 bits per heavy atom. The van der Waals surface area contributed by atoms with Crippen molar-refractivity contribution in [3.63, 3.8) is 0 Å². The molecule has 3 N–H and O–H groups in total. The summed E-state index contributed by atoms with van der Waals surface area (Å²) in [4.78, 5) is 11.8. The van der Waals surface area contributed by atoms with Crippen LogP contribution in [0.2, 0.25) is 0 Å². The van der Waals surface area contributed by atoms with Gasteiger partial charge in [-0.15, -0.1) is 11.8 Å². The fourth-order valence-electron chi connectivity index (χ4n) is 2.80. The lowest BCUT2D eigenvalue weighted by Gasteiger charge is -2.06. The van der Waals surface area contributed by atoms with Gasteiger partial charge in [0.05, 0.1) is 0 Å². The molecule has 7 heteroatoms. The van der Waals surface area contributed by atoms with E-state index in [1.807, 2.05) is 0 Å². The van der Waals surface area contributed by atoms with Crippen molar-refractivity contribution in [2.75, 3.05) is 6.54 Å². The normalized spacial score (nSPS) is 10.8. The number of benzene rings is 1. The van der Waals surface area contributed by atoms with Gasteiger partial charge in [-0.05, 0) is 30.5 Å². The molecule has 1 amide bonds. The summed E-state index contributed by atoms with van der Waals surface area (Å²) in [6, 6.07) is 6.54. The number of rotatable bonds is 14. The SMILES string of the molecule is CCCCCCCCCC#CCCC(=O)NCCc1ccc(OS(N)(=O)=O)cc1. The molecule has 1 rings (SSSR count). The lowest BCUT2D eigenvalue weighted by atomic mass is 10.1. The van der Waals surface area contributed by atoms with Crippen molar-refractivity contribution < 1.29 is 17.4 Å². The average molecular weight is 423 g/mol. The first-order valence-corrected chi connectivity index (χ1v) is 11.9. The maximum atomic E-state index is 11.8. The largest absolute Gasteiger partial charge is 0.380 e. The molecular weight excluding hydrogens is 388 g/mol. The highest BCUT2D eigenvalue weighted by Gasteiger charge is 2.05. The minimum absolute atomic E-state index is 0.00981. The van der Waals surface area contributed by atoms with Crippen LogP contribution in [-0.2, 0) is 21.5 Å². The Hall–Kier alpha value is -2.04. The van der Waals surface area contributed by atoms with Crippen molar-refractivity contribution in [2.24, 2.45) is 5.14 Å². The van der Waals surface area contributed by atoms with Gasteiger partial charge in [0, 0.05) is 25.8 Å². The molecule has 0 saturated carbocycles. The molecule has 162 valence electrons. The van der Waals surface area contributed by atoms with Crippen LogP contribution < -0.4 is 14.6 Å². The standard InChI is InChI=1S/C22H34N2O4S/c1-2-3-4-5-6-7-8-9-10-11-12-13-22(25)24-19-18-20-14-16-21(17-15-20)28-29(23,26)27/h14-17H,2-9,12-13,18-19H2,1H3,(H,24,25)(H2,23,26,27). The number of unbranched alkanes of at least 4 members (excludes halogenated alkanes) is 7. The molecule has 0 aliphatic rings. The van der Waals surface area contributed by atoms with Gasteiger partial charge in [0.2, 0.25) is 5.91 Å². The molecule has 0 radical (unpaired) electrons. The van der Waals surface area contributed by atoms with E-state index in [9.17, 15) is 13.2 Å². The van der Waals surface area contributed by atoms with Crippen molar-refractivity contribution in [2.45, 2.75) is 77.6 Å². The Labute approximate surface area is 175 Å². The van der Waals surface area contributed by atoms with Gasteiger partial charge in [0.15, 0.2) is 0 Å². The van der Waals surface area contributed by atoms with Crippen LogP contribution in [0.25, 0.3) is 0 Å². The first-order valence-electron chi connectivity index (χ1n) is 10.4. The highest BCUT2D eigenvalue weighted by molar-refractivity contribution is 7.84. The zero-order valence-electron chi connectivity index (χ0n) is 17.4. The van der Waals surface area contributed by atoms with Crippen molar-refractivity contribution in [3.8, 4) is 17.6 Å². The van der Waals surface area contributed by atoms with Crippen LogP contribution in [0.1, 0.15) is 76.7 Å².